The molecule has 0 saturated heterocycles. The Morgan fingerprint density at radius 1 is 0.750 bits per heavy atom. The first-order valence-corrected chi connectivity index (χ1v) is 10.4. The first-order valence-electron chi connectivity index (χ1n) is 9.03. The van der Waals surface area contributed by atoms with Gasteiger partial charge in [-0.05, 0) is 67.1 Å². The SMILES string of the molecule is COc1ccc(N=Nc2ccc(C)c(N=Nc3ccc(S(=O)(=O)[O-])cc3)c2OC)cc1.[Na+]. The van der Waals surface area contributed by atoms with Crippen LogP contribution in [0.1, 0.15) is 5.56 Å². The summed E-state index contributed by atoms with van der Waals surface area (Å²) in [4.78, 5) is -0.332. The van der Waals surface area contributed by atoms with E-state index in [4.69, 9.17) is 9.47 Å². The van der Waals surface area contributed by atoms with E-state index in [9.17, 15) is 13.0 Å². The van der Waals surface area contributed by atoms with E-state index in [1.54, 1.807) is 37.4 Å². The second-order valence-corrected chi connectivity index (χ2v) is 7.71. The molecule has 0 aliphatic heterocycles. The maximum atomic E-state index is 11.0. The van der Waals surface area contributed by atoms with Crippen molar-refractivity contribution in [3.8, 4) is 11.5 Å². The zero-order valence-corrected chi connectivity index (χ0v) is 20.8. The molecule has 0 saturated carbocycles. The normalized spacial score (nSPS) is 11.5. The fourth-order valence-corrected chi connectivity index (χ4v) is 3.08. The Morgan fingerprint density at radius 3 is 1.84 bits per heavy atom. The van der Waals surface area contributed by atoms with E-state index >= 15 is 0 Å². The fraction of sp³-hybridized carbons (Fsp3) is 0.143. The summed E-state index contributed by atoms with van der Waals surface area (Å²) in [5, 5.41) is 16.8. The number of nitrogens with zero attached hydrogens (tertiary/aromatic N) is 4. The molecule has 0 atom stereocenters. The predicted molar refractivity (Wildman–Crippen MR) is 113 cm³/mol. The molecule has 0 bridgehead atoms. The first kappa shape index (κ1) is 25.6. The average Bonchev–Trinajstić information content (AvgIpc) is 2.77. The summed E-state index contributed by atoms with van der Waals surface area (Å²) < 4.78 is 43.7. The molecular formula is C21H19N4NaO5S. The monoisotopic (exact) mass is 462 g/mol. The molecule has 0 fully saturated rings. The van der Waals surface area contributed by atoms with Gasteiger partial charge in [0.2, 0.25) is 0 Å². The van der Waals surface area contributed by atoms with Crippen LogP contribution < -0.4 is 39.0 Å². The van der Waals surface area contributed by atoms with Crippen LogP contribution in [0, 0.1) is 6.92 Å². The second-order valence-electron chi connectivity index (χ2n) is 6.33. The minimum absolute atomic E-state index is 0. The molecule has 9 nitrogen and oxygen atoms in total. The molecule has 0 spiro atoms. The van der Waals surface area contributed by atoms with E-state index in [-0.39, 0.29) is 34.5 Å². The van der Waals surface area contributed by atoms with E-state index in [1.807, 2.05) is 13.0 Å². The quantitative estimate of drug-likeness (QED) is 0.303. The Kier molecular flexibility index (Phi) is 9.05. The molecule has 3 aromatic carbocycles. The third kappa shape index (κ3) is 6.44. The summed E-state index contributed by atoms with van der Waals surface area (Å²) in [6.45, 7) is 1.84. The van der Waals surface area contributed by atoms with Gasteiger partial charge in [-0.1, -0.05) is 6.07 Å². The van der Waals surface area contributed by atoms with Crippen molar-refractivity contribution in [1.29, 1.82) is 0 Å². The molecule has 0 aliphatic carbocycles. The van der Waals surface area contributed by atoms with Crippen molar-refractivity contribution < 1.29 is 52.0 Å². The van der Waals surface area contributed by atoms with Crippen molar-refractivity contribution in [1.82, 2.24) is 0 Å². The number of methoxy groups -OCH3 is 2. The van der Waals surface area contributed by atoms with Crippen LogP contribution >= 0.6 is 0 Å². The molecule has 0 aromatic heterocycles. The Bertz CT molecular complexity index is 1230. The van der Waals surface area contributed by atoms with Crippen molar-refractivity contribution >= 4 is 32.9 Å². The molecule has 0 heterocycles. The van der Waals surface area contributed by atoms with Gasteiger partial charge in [0.25, 0.3) is 0 Å². The molecule has 0 aliphatic rings. The molecule has 32 heavy (non-hydrogen) atoms. The van der Waals surface area contributed by atoms with Gasteiger partial charge in [0, 0.05) is 0 Å². The third-order valence-electron chi connectivity index (χ3n) is 4.25. The minimum Gasteiger partial charge on any atom is -0.744 e. The minimum atomic E-state index is -4.52. The maximum absolute atomic E-state index is 11.0. The summed E-state index contributed by atoms with van der Waals surface area (Å²) in [5.74, 6) is 1.11. The van der Waals surface area contributed by atoms with Gasteiger partial charge >= 0.3 is 29.6 Å². The van der Waals surface area contributed by atoms with Crippen molar-refractivity contribution in [2.24, 2.45) is 20.5 Å². The molecular weight excluding hydrogens is 443 g/mol. The zero-order chi connectivity index (χ0) is 22.4. The summed E-state index contributed by atoms with van der Waals surface area (Å²) in [6, 6.07) is 15.8. The number of hydrogen-bond acceptors (Lipinski definition) is 9. The van der Waals surface area contributed by atoms with E-state index in [2.05, 4.69) is 20.5 Å². The summed E-state index contributed by atoms with van der Waals surface area (Å²) >= 11 is 0. The van der Waals surface area contributed by atoms with Crippen molar-refractivity contribution in [2.75, 3.05) is 14.2 Å². The zero-order valence-electron chi connectivity index (χ0n) is 18.0. The average molecular weight is 462 g/mol. The van der Waals surface area contributed by atoms with E-state index < -0.39 is 10.1 Å². The number of hydrogen-bond donors (Lipinski definition) is 0. The third-order valence-corrected chi connectivity index (χ3v) is 5.10. The van der Waals surface area contributed by atoms with Gasteiger partial charge in [0.1, 0.15) is 27.2 Å². The van der Waals surface area contributed by atoms with E-state index in [0.717, 1.165) is 11.3 Å². The molecule has 11 heteroatoms. The topological polar surface area (TPSA) is 125 Å². The molecule has 0 unspecified atom stereocenters. The van der Waals surface area contributed by atoms with Crippen LogP contribution in [0.5, 0.6) is 11.5 Å². The number of azo groups is 2. The maximum Gasteiger partial charge on any atom is 1.00 e. The van der Waals surface area contributed by atoms with Gasteiger partial charge in [0.15, 0.2) is 5.75 Å². The molecule has 0 radical (unpaired) electrons. The van der Waals surface area contributed by atoms with Crippen LogP contribution in [0.2, 0.25) is 0 Å². The van der Waals surface area contributed by atoms with Crippen LogP contribution in [-0.2, 0) is 10.1 Å². The van der Waals surface area contributed by atoms with Gasteiger partial charge < -0.3 is 14.0 Å². The summed E-state index contributed by atoms with van der Waals surface area (Å²) in [6.07, 6.45) is 0. The number of benzene rings is 3. The van der Waals surface area contributed by atoms with Crippen molar-refractivity contribution in [3.63, 3.8) is 0 Å². The second kappa shape index (κ2) is 11.3. The number of aryl methyl sites for hydroxylation is 1. The number of ether oxygens (including phenoxy) is 2. The van der Waals surface area contributed by atoms with Gasteiger partial charge in [-0.25, -0.2) is 8.42 Å². The van der Waals surface area contributed by atoms with E-state index in [0.29, 0.717) is 28.5 Å². The molecule has 3 aromatic rings. The van der Waals surface area contributed by atoms with Crippen LogP contribution in [0.25, 0.3) is 0 Å². The predicted octanol–water partition coefficient (Wildman–Crippen LogP) is 2.75. The van der Waals surface area contributed by atoms with Gasteiger partial charge in [-0.3, -0.25) is 0 Å². The summed E-state index contributed by atoms with van der Waals surface area (Å²) in [5.41, 5.74) is 2.72. The largest absolute Gasteiger partial charge is 1.00 e. The molecule has 0 amide bonds. The van der Waals surface area contributed by atoms with Gasteiger partial charge in [0.05, 0.1) is 30.5 Å². The van der Waals surface area contributed by atoms with Gasteiger partial charge in [-0.2, -0.15) is 10.2 Å². The van der Waals surface area contributed by atoms with Crippen LogP contribution in [0.3, 0.4) is 0 Å². The fourth-order valence-electron chi connectivity index (χ4n) is 2.61. The standard InChI is InChI=1S/C21H20N4O5S.Na/c1-14-4-13-19(24-22-15-5-9-17(29-2)10-6-15)21(30-3)20(14)25-23-16-7-11-18(12-8-16)31(26,27)28;/h4-13H,1-3H3,(H,26,27,28);/q;+1/p-1. The van der Waals surface area contributed by atoms with Crippen LogP contribution in [0.4, 0.5) is 22.7 Å². The van der Waals surface area contributed by atoms with Crippen molar-refractivity contribution in [3.05, 3.63) is 66.2 Å². The summed E-state index contributed by atoms with van der Waals surface area (Å²) in [7, 11) is -1.43. The van der Waals surface area contributed by atoms with Gasteiger partial charge in [-0.15, -0.1) is 10.2 Å². The smallest absolute Gasteiger partial charge is 0.744 e. The molecule has 0 N–H and O–H groups in total. The van der Waals surface area contributed by atoms with Crippen LogP contribution in [0.15, 0.2) is 86.0 Å². The van der Waals surface area contributed by atoms with Crippen LogP contribution in [-0.4, -0.2) is 27.2 Å². The Labute approximate surface area is 208 Å². The Morgan fingerprint density at radius 2 is 1.31 bits per heavy atom. The van der Waals surface area contributed by atoms with Crippen molar-refractivity contribution in [2.45, 2.75) is 11.8 Å². The Balaban J connectivity index is 0.00000363. The molecule has 160 valence electrons. The Hall–Kier alpha value is -2.63. The molecule has 3 rings (SSSR count). The van der Waals surface area contributed by atoms with E-state index in [1.165, 1.54) is 31.4 Å². The first-order chi connectivity index (χ1) is 14.8. The number of rotatable bonds is 7.